The van der Waals surface area contributed by atoms with Crippen molar-refractivity contribution in [2.24, 2.45) is 0 Å². The number of likely N-dealkylation sites (N-methyl/N-ethyl adjacent to an activating group) is 1. The molecule has 0 spiro atoms. The predicted molar refractivity (Wildman–Crippen MR) is 69.5 cm³/mol. The lowest BCUT2D eigenvalue weighted by Crippen LogP contribution is -2.44. The van der Waals surface area contributed by atoms with Gasteiger partial charge in [0.2, 0.25) is 0 Å². The Bertz CT molecular complexity index is 385. The van der Waals surface area contributed by atoms with Crippen molar-refractivity contribution in [3.63, 3.8) is 0 Å². The molecule has 5 heteroatoms. The minimum Gasteiger partial charge on any atom is -0.339 e. The van der Waals surface area contributed by atoms with Gasteiger partial charge in [0.05, 0.1) is 5.01 Å². The molecule has 0 aromatic carbocycles. The van der Waals surface area contributed by atoms with Gasteiger partial charge >= 0.3 is 0 Å². The van der Waals surface area contributed by atoms with Crippen LogP contribution >= 0.6 is 11.3 Å². The molecule has 1 aliphatic heterocycles. The van der Waals surface area contributed by atoms with E-state index in [1.165, 1.54) is 24.2 Å². The first-order valence-electron chi connectivity index (χ1n) is 6.08. The van der Waals surface area contributed by atoms with Crippen molar-refractivity contribution in [1.82, 2.24) is 15.2 Å². The van der Waals surface area contributed by atoms with Gasteiger partial charge in [-0.25, -0.2) is 4.98 Å². The first-order chi connectivity index (χ1) is 8.16. The molecule has 0 bridgehead atoms. The second kappa shape index (κ2) is 5.60. The lowest BCUT2D eigenvalue weighted by Gasteiger charge is -2.27. The van der Waals surface area contributed by atoms with Gasteiger partial charge in [0, 0.05) is 25.0 Å². The second-order valence-electron chi connectivity index (χ2n) is 4.58. The minimum absolute atomic E-state index is 0.0294. The Morgan fingerprint density at radius 2 is 2.47 bits per heavy atom. The number of carbonyl (C=O) groups excluding carboxylic acids is 1. The van der Waals surface area contributed by atoms with E-state index in [2.05, 4.69) is 10.3 Å². The fraction of sp³-hybridized carbons (Fsp3) is 0.667. The van der Waals surface area contributed by atoms with Crippen molar-refractivity contribution < 1.29 is 4.79 Å². The Kier molecular flexibility index (Phi) is 4.12. The maximum Gasteiger partial charge on any atom is 0.273 e. The fourth-order valence-corrected chi connectivity index (χ4v) is 2.74. The van der Waals surface area contributed by atoms with Crippen molar-refractivity contribution in [2.45, 2.75) is 32.2 Å². The molecule has 1 atom stereocenters. The van der Waals surface area contributed by atoms with Gasteiger partial charge in [-0.1, -0.05) is 6.42 Å². The Balaban J connectivity index is 1.90. The van der Waals surface area contributed by atoms with E-state index >= 15 is 0 Å². The average Bonchev–Trinajstić information content (AvgIpc) is 2.76. The summed E-state index contributed by atoms with van der Waals surface area (Å²) in [4.78, 5) is 18.1. The lowest BCUT2D eigenvalue weighted by atomic mass is 10.0. The monoisotopic (exact) mass is 253 g/mol. The smallest absolute Gasteiger partial charge is 0.273 e. The van der Waals surface area contributed by atoms with Crippen LogP contribution in [0.15, 0.2) is 5.38 Å². The van der Waals surface area contributed by atoms with Gasteiger partial charge in [0.1, 0.15) is 5.69 Å². The summed E-state index contributed by atoms with van der Waals surface area (Å²) in [5.74, 6) is 0.0294. The van der Waals surface area contributed by atoms with Gasteiger partial charge in [-0.3, -0.25) is 4.79 Å². The Morgan fingerprint density at radius 3 is 3.06 bits per heavy atom. The molecule has 1 aromatic heterocycles. The largest absolute Gasteiger partial charge is 0.339 e. The molecule has 1 aliphatic rings. The molecular weight excluding hydrogens is 234 g/mol. The number of aromatic nitrogens is 1. The molecule has 0 aliphatic carbocycles. The number of nitrogens with zero attached hydrogens (tertiary/aromatic N) is 2. The van der Waals surface area contributed by atoms with E-state index in [0.29, 0.717) is 11.7 Å². The summed E-state index contributed by atoms with van der Waals surface area (Å²) in [6.07, 6.45) is 3.67. The third kappa shape index (κ3) is 3.26. The van der Waals surface area contributed by atoms with Gasteiger partial charge in [-0.05, 0) is 26.3 Å². The molecule has 0 saturated carbocycles. The molecule has 94 valence electrons. The maximum atomic E-state index is 12.1. The van der Waals surface area contributed by atoms with Crippen molar-refractivity contribution in [1.29, 1.82) is 0 Å². The van der Waals surface area contributed by atoms with Gasteiger partial charge in [0.15, 0.2) is 0 Å². The van der Waals surface area contributed by atoms with E-state index in [1.54, 1.807) is 4.90 Å². The van der Waals surface area contributed by atoms with E-state index < -0.39 is 0 Å². The zero-order valence-corrected chi connectivity index (χ0v) is 11.2. The standard InChI is InChI=1S/C12H19N3OS/c1-9-14-11(8-17-9)12(16)15(2)7-10-5-3-4-6-13-10/h8,10,13H,3-7H2,1-2H3. The van der Waals surface area contributed by atoms with Crippen molar-refractivity contribution in [3.05, 3.63) is 16.1 Å². The van der Waals surface area contributed by atoms with E-state index in [0.717, 1.165) is 24.5 Å². The fourth-order valence-electron chi connectivity index (χ4n) is 2.15. The maximum absolute atomic E-state index is 12.1. The summed E-state index contributed by atoms with van der Waals surface area (Å²) in [5.41, 5.74) is 0.575. The summed E-state index contributed by atoms with van der Waals surface area (Å²) in [6, 6.07) is 0.442. The molecule has 1 aromatic rings. The zero-order valence-electron chi connectivity index (χ0n) is 10.4. The Labute approximate surface area is 106 Å². The second-order valence-corrected chi connectivity index (χ2v) is 5.65. The number of piperidine rings is 1. The highest BCUT2D eigenvalue weighted by atomic mass is 32.1. The molecule has 2 heterocycles. The van der Waals surface area contributed by atoms with Crippen LogP contribution in [-0.4, -0.2) is 42.0 Å². The summed E-state index contributed by atoms with van der Waals surface area (Å²) in [6.45, 7) is 3.77. The third-order valence-electron chi connectivity index (χ3n) is 3.09. The molecular formula is C12H19N3OS. The molecule has 17 heavy (non-hydrogen) atoms. The van der Waals surface area contributed by atoms with Crippen molar-refractivity contribution in [3.8, 4) is 0 Å². The number of thiazole rings is 1. The SMILES string of the molecule is Cc1nc(C(=O)N(C)CC2CCCCN2)cs1. The number of rotatable bonds is 3. The summed E-state index contributed by atoms with van der Waals surface area (Å²) >= 11 is 1.52. The zero-order chi connectivity index (χ0) is 12.3. The lowest BCUT2D eigenvalue weighted by molar-refractivity contribution is 0.0770. The summed E-state index contributed by atoms with van der Waals surface area (Å²) < 4.78 is 0. The van der Waals surface area contributed by atoms with Crippen LogP contribution in [0, 0.1) is 6.92 Å². The van der Waals surface area contributed by atoms with Crippen LogP contribution in [0.5, 0.6) is 0 Å². The van der Waals surface area contributed by atoms with Gasteiger partial charge in [-0.15, -0.1) is 11.3 Å². The van der Waals surface area contributed by atoms with Crippen LogP contribution in [0.25, 0.3) is 0 Å². The van der Waals surface area contributed by atoms with E-state index in [-0.39, 0.29) is 5.91 Å². The van der Waals surface area contributed by atoms with Crippen LogP contribution < -0.4 is 5.32 Å². The molecule has 1 fully saturated rings. The van der Waals surface area contributed by atoms with Crippen LogP contribution in [0.4, 0.5) is 0 Å². The summed E-state index contributed by atoms with van der Waals surface area (Å²) in [5, 5.41) is 6.23. The minimum atomic E-state index is 0.0294. The summed E-state index contributed by atoms with van der Waals surface area (Å²) in [7, 11) is 1.85. The van der Waals surface area contributed by atoms with Crippen LogP contribution in [-0.2, 0) is 0 Å². The molecule has 1 N–H and O–H groups in total. The average molecular weight is 253 g/mol. The number of nitrogens with one attached hydrogen (secondary N) is 1. The molecule has 0 radical (unpaired) electrons. The number of hydrogen-bond acceptors (Lipinski definition) is 4. The highest BCUT2D eigenvalue weighted by molar-refractivity contribution is 7.09. The van der Waals surface area contributed by atoms with Crippen LogP contribution in [0.2, 0.25) is 0 Å². The highest BCUT2D eigenvalue weighted by Gasteiger charge is 2.19. The van der Waals surface area contributed by atoms with Gasteiger partial charge in [-0.2, -0.15) is 0 Å². The first kappa shape index (κ1) is 12.5. The van der Waals surface area contributed by atoms with Gasteiger partial charge < -0.3 is 10.2 Å². The number of amides is 1. The normalized spacial score (nSPS) is 20.2. The van der Waals surface area contributed by atoms with E-state index in [9.17, 15) is 4.79 Å². The molecule has 1 unspecified atom stereocenters. The first-order valence-corrected chi connectivity index (χ1v) is 6.96. The predicted octanol–water partition coefficient (Wildman–Crippen LogP) is 1.67. The quantitative estimate of drug-likeness (QED) is 0.891. The van der Waals surface area contributed by atoms with Crippen LogP contribution in [0.3, 0.4) is 0 Å². The van der Waals surface area contributed by atoms with Gasteiger partial charge in [0.25, 0.3) is 5.91 Å². The molecule has 1 amide bonds. The Morgan fingerprint density at radius 1 is 1.65 bits per heavy atom. The third-order valence-corrected chi connectivity index (χ3v) is 3.86. The highest BCUT2D eigenvalue weighted by Crippen LogP contribution is 2.12. The number of hydrogen-bond donors (Lipinski definition) is 1. The number of aryl methyl sites for hydroxylation is 1. The Hall–Kier alpha value is -0.940. The number of carbonyl (C=O) groups is 1. The van der Waals surface area contributed by atoms with Crippen molar-refractivity contribution in [2.75, 3.05) is 20.1 Å². The topological polar surface area (TPSA) is 45.2 Å². The molecule has 4 nitrogen and oxygen atoms in total. The van der Waals surface area contributed by atoms with Crippen LogP contribution in [0.1, 0.15) is 34.8 Å². The van der Waals surface area contributed by atoms with Crippen molar-refractivity contribution >= 4 is 17.2 Å². The molecule has 1 saturated heterocycles. The molecule has 2 rings (SSSR count). The van der Waals surface area contributed by atoms with E-state index in [1.807, 2.05) is 19.4 Å². The van der Waals surface area contributed by atoms with E-state index in [4.69, 9.17) is 0 Å².